The molecule has 0 aliphatic carbocycles. The van der Waals surface area contributed by atoms with E-state index in [9.17, 15) is 4.79 Å². The average Bonchev–Trinajstić information content (AvgIpc) is 2.85. The van der Waals surface area contributed by atoms with Crippen LogP contribution in [0.5, 0.6) is 5.75 Å². The molecule has 0 radical (unpaired) electrons. The number of aryl methyl sites for hydroxylation is 1. The number of fused-ring (bicyclic) bond motifs is 1. The van der Waals surface area contributed by atoms with Gasteiger partial charge in [0.1, 0.15) is 18.2 Å². The van der Waals surface area contributed by atoms with Gasteiger partial charge in [-0.25, -0.2) is 4.98 Å². The van der Waals surface area contributed by atoms with Gasteiger partial charge < -0.3 is 9.72 Å². The molecule has 0 spiro atoms. The third kappa shape index (κ3) is 1.93. The van der Waals surface area contributed by atoms with Gasteiger partial charge in [-0.05, 0) is 19.4 Å². The highest BCUT2D eigenvalue weighted by atomic mass is 16.5. The summed E-state index contributed by atoms with van der Waals surface area (Å²) in [5, 5.41) is 0. The van der Waals surface area contributed by atoms with E-state index in [4.69, 9.17) is 4.74 Å². The zero-order valence-electron chi connectivity index (χ0n) is 11.1. The summed E-state index contributed by atoms with van der Waals surface area (Å²) < 4.78 is 5.65. The van der Waals surface area contributed by atoms with Gasteiger partial charge >= 0.3 is 0 Å². The lowest BCUT2D eigenvalue weighted by atomic mass is 10.00. The Hall–Kier alpha value is -2.10. The summed E-state index contributed by atoms with van der Waals surface area (Å²) in [6, 6.07) is 7.90. The quantitative estimate of drug-likeness (QED) is 0.895. The Balaban J connectivity index is 2.10. The Morgan fingerprint density at radius 1 is 1.42 bits per heavy atom. The molecule has 1 unspecified atom stereocenters. The van der Waals surface area contributed by atoms with Gasteiger partial charge in [-0.1, -0.05) is 25.1 Å². The van der Waals surface area contributed by atoms with Crippen LogP contribution in [0.4, 0.5) is 0 Å². The van der Waals surface area contributed by atoms with Crippen molar-refractivity contribution >= 4 is 0 Å². The fourth-order valence-corrected chi connectivity index (χ4v) is 2.50. The van der Waals surface area contributed by atoms with E-state index in [0.717, 1.165) is 23.4 Å². The molecule has 0 fully saturated rings. The maximum absolute atomic E-state index is 12.0. The lowest BCUT2D eigenvalue weighted by Gasteiger charge is -2.10. The number of nitrogens with zero attached hydrogens (tertiary/aromatic N) is 1. The second-order valence-electron chi connectivity index (χ2n) is 4.78. The highest BCUT2D eigenvalue weighted by Crippen LogP contribution is 2.36. The summed E-state index contributed by atoms with van der Waals surface area (Å²) >= 11 is 0. The molecule has 19 heavy (non-hydrogen) atoms. The topological polar surface area (TPSA) is 55.0 Å². The summed E-state index contributed by atoms with van der Waals surface area (Å²) in [7, 11) is 0. The number of aromatic amines is 1. The summed E-state index contributed by atoms with van der Waals surface area (Å²) in [5.41, 5.74) is 2.62. The normalized spacial score (nSPS) is 17.1. The molecule has 0 saturated heterocycles. The first-order valence-electron chi connectivity index (χ1n) is 6.52. The van der Waals surface area contributed by atoms with Crippen molar-refractivity contribution in [2.45, 2.75) is 26.2 Å². The maximum atomic E-state index is 12.0. The predicted octanol–water partition coefficient (Wildman–Crippen LogP) is 2.17. The van der Waals surface area contributed by atoms with E-state index in [2.05, 4.69) is 9.97 Å². The minimum Gasteiger partial charge on any atom is -0.492 e. The highest BCUT2D eigenvalue weighted by molar-refractivity contribution is 5.43. The molecule has 4 heteroatoms. The van der Waals surface area contributed by atoms with Crippen LogP contribution >= 0.6 is 0 Å². The zero-order chi connectivity index (χ0) is 13.4. The summed E-state index contributed by atoms with van der Waals surface area (Å²) in [4.78, 5) is 19.4. The smallest absolute Gasteiger partial charge is 0.254 e. The summed E-state index contributed by atoms with van der Waals surface area (Å²) in [6.45, 7) is 4.36. The fourth-order valence-electron chi connectivity index (χ4n) is 2.50. The minimum absolute atomic E-state index is 0.0230. The van der Waals surface area contributed by atoms with Crippen molar-refractivity contribution in [3.8, 4) is 5.75 Å². The van der Waals surface area contributed by atoms with Crippen molar-refractivity contribution in [1.82, 2.24) is 9.97 Å². The lowest BCUT2D eigenvalue weighted by molar-refractivity contribution is 0.339. The van der Waals surface area contributed by atoms with Gasteiger partial charge in [0.05, 0.1) is 11.6 Å². The van der Waals surface area contributed by atoms with Crippen molar-refractivity contribution < 1.29 is 4.74 Å². The van der Waals surface area contributed by atoms with Crippen LogP contribution in [-0.4, -0.2) is 16.6 Å². The van der Waals surface area contributed by atoms with E-state index in [-0.39, 0.29) is 11.5 Å². The molecule has 0 bridgehead atoms. The van der Waals surface area contributed by atoms with E-state index in [0.29, 0.717) is 18.0 Å². The third-order valence-electron chi connectivity index (χ3n) is 3.64. The average molecular weight is 256 g/mol. The number of hydrogen-bond donors (Lipinski definition) is 1. The largest absolute Gasteiger partial charge is 0.492 e. The molecule has 0 amide bonds. The summed E-state index contributed by atoms with van der Waals surface area (Å²) in [6.07, 6.45) is 0.762. The highest BCUT2D eigenvalue weighted by Gasteiger charge is 2.27. The van der Waals surface area contributed by atoms with Gasteiger partial charge in [0.25, 0.3) is 5.56 Å². The molecular formula is C15H16N2O2. The molecule has 3 rings (SSSR count). The number of nitrogens with one attached hydrogen (secondary N) is 1. The number of H-pyrrole nitrogens is 1. The van der Waals surface area contributed by atoms with Gasteiger partial charge in [-0.2, -0.15) is 0 Å². The lowest BCUT2D eigenvalue weighted by Crippen LogP contribution is -2.20. The van der Waals surface area contributed by atoms with Crippen LogP contribution in [0.25, 0.3) is 0 Å². The van der Waals surface area contributed by atoms with Gasteiger partial charge in [0.15, 0.2) is 0 Å². The molecule has 1 aliphatic heterocycles. The van der Waals surface area contributed by atoms with Crippen LogP contribution in [0.3, 0.4) is 0 Å². The standard InChI is InChI=1S/C15H16N2O2/c1-3-12-9(2)15(18)17-14(16-12)11-8-19-13-7-5-4-6-10(11)13/h4-7,11H,3,8H2,1-2H3,(H,16,17,18). The number of aromatic nitrogens is 2. The first kappa shape index (κ1) is 12.0. The van der Waals surface area contributed by atoms with E-state index in [1.165, 1.54) is 0 Å². The second-order valence-corrected chi connectivity index (χ2v) is 4.78. The van der Waals surface area contributed by atoms with Crippen molar-refractivity contribution in [2.75, 3.05) is 6.61 Å². The molecule has 1 atom stereocenters. The molecular weight excluding hydrogens is 240 g/mol. The van der Waals surface area contributed by atoms with Crippen LogP contribution in [0.2, 0.25) is 0 Å². The van der Waals surface area contributed by atoms with Crippen LogP contribution in [0.15, 0.2) is 29.1 Å². The molecule has 98 valence electrons. The van der Waals surface area contributed by atoms with Gasteiger partial charge in [-0.15, -0.1) is 0 Å². The Kier molecular flexibility index (Phi) is 2.85. The van der Waals surface area contributed by atoms with Gasteiger partial charge in [0.2, 0.25) is 0 Å². The number of para-hydroxylation sites is 1. The van der Waals surface area contributed by atoms with Crippen molar-refractivity contribution in [2.24, 2.45) is 0 Å². The summed E-state index contributed by atoms with van der Waals surface area (Å²) in [5.74, 6) is 1.61. The van der Waals surface area contributed by atoms with Gasteiger partial charge in [0, 0.05) is 11.1 Å². The maximum Gasteiger partial charge on any atom is 0.254 e. The Morgan fingerprint density at radius 2 is 2.21 bits per heavy atom. The monoisotopic (exact) mass is 256 g/mol. The third-order valence-corrected chi connectivity index (χ3v) is 3.64. The van der Waals surface area contributed by atoms with E-state index in [1.54, 1.807) is 0 Å². The Morgan fingerprint density at radius 3 is 3.00 bits per heavy atom. The van der Waals surface area contributed by atoms with Gasteiger partial charge in [-0.3, -0.25) is 4.79 Å². The minimum atomic E-state index is -0.0498. The molecule has 0 saturated carbocycles. The molecule has 1 aliphatic rings. The van der Waals surface area contributed by atoms with Crippen LogP contribution in [0, 0.1) is 6.92 Å². The van der Waals surface area contributed by atoms with Crippen molar-refractivity contribution in [3.05, 3.63) is 57.3 Å². The Labute approximate surface area is 111 Å². The Bertz CT molecular complexity index is 676. The van der Waals surface area contributed by atoms with Crippen LogP contribution in [0.1, 0.15) is 35.5 Å². The SMILES string of the molecule is CCc1nc(C2COc3ccccc32)[nH]c(=O)c1C. The molecule has 1 N–H and O–H groups in total. The number of hydrogen-bond acceptors (Lipinski definition) is 3. The molecule has 1 aromatic heterocycles. The predicted molar refractivity (Wildman–Crippen MR) is 72.8 cm³/mol. The molecule has 1 aromatic carbocycles. The van der Waals surface area contributed by atoms with E-state index in [1.807, 2.05) is 38.1 Å². The number of ether oxygens (including phenoxy) is 1. The van der Waals surface area contributed by atoms with E-state index < -0.39 is 0 Å². The van der Waals surface area contributed by atoms with Crippen LogP contribution in [-0.2, 0) is 6.42 Å². The van der Waals surface area contributed by atoms with E-state index >= 15 is 0 Å². The van der Waals surface area contributed by atoms with Crippen molar-refractivity contribution in [3.63, 3.8) is 0 Å². The number of rotatable bonds is 2. The second kappa shape index (κ2) is 4.53. The van der Waals surface area contributed by atoms with Crippen LogP contribution < -0.4 is 10.3 Å². The molecule has 2 aromatic rings. The first-order valence-corrected chi connectivity index (χ1v) is 6.52. The molecule has 2 heterocycles. The molecule has 4 nitrogen and oxygen atoms in total. The van der Waals surface area contributed by atoms with Crippen molar-refractivity contribution in [1.29, 1.82) is 0 Å². The first-order chi connectivity index (χ1) is 9.20. The number of benzene rings is 1. The fraction of sp³-hybridized carbons (Fsp3) is 0.333. The zero-order valence-corrected chi connectivity index (χ0v) is 11.1.